The maximum absolute atomic E-state index is 12.8. The Morgan fingerprint density at radius 2 is 1.64 bits per heavy atom. The lowest BCUT2D eigenvalue weighted by molar-refractivity contribution is -0.132. The van der Waals surface area contributed by atoms with E-state index in [0.29, 0.717) is 111 Å². The molecule has 1 saturated heterocycles. The van der Waals surface area contributed by atoms with Gasteiger partial charge in [-0.15, -0.1) is 0 Å². The molecule has 15 heteroatoms. The Morgan fingerprint density at radius 1 is 0.956 bits per heavy atom. The first-order valence-corrected chi connectivity index (χ1v) is 15.9. The van der Waals surface area contributed by atoms with E-state index in [1.807, 2.05) is 36.9 Å². The van der Waals surface area contributed by atoms with Crippen LogP contribution in [-0.4, -0.2) is 111 Å². The molecule has 13 nitrogen and oxygen atoms in total. The molecule has 0 bridgehead atoms. The second kappa shape index (κ2) is 17.9. The fourth-order valence-electron chi connectivity index (χ4n) is 4.48. The first-order chi connectivity index (χ1) is 21.8. The van der Waals surface area contributed by atoms with E-state index in [1.165, 1.54) is 17.5 Å². The number of thiazole rings is 1. The van der Waals surface area contributed by atoms with Crippen molar-refractivity contribution in [2.75, 3.05) is 95.1 Å². The Bertz CT molecular complexity index is 1380. The zero-order chi connectivity index (χ0) is 32.0. The molecule has 1 aromatic carbocycles. The lowest BCUT2D eigenvalue weighted by Crippen LogP contribution is -2.49. The van der Waals surface area contributed by atoms with Gasteiger partial charge in [-0.1, -0.05) is 35.1 Å². The van der Waals surface area contributed by atoms with Gasteiger partial charge in [0, 0.05) is 39.4 Å². The SMILES string of the molecule is COCCOCCOCCOCCC(=O)N1CCN(c2cc(Nc3ncc(C(=O)Nc4c(C)cccc4Cl)s3)nc(C)n2)CC1. The highest BCUT2D eigenvalue weighted by molar-refractivity contribution is 7.17. The summed E-state index contributed by atoms with van der Waals surface area (Å²) in [6.45, 7) is 9.54. The van der Waals surface area contributed by atoms with Gasteiger partial charge in [-0.3, -0.25) is 9.59 Å². The number of rotatable bonds is 17. The van der Waals surface area contributed by atoms with Gasteiger partial charge in [-0.05, 0) is 25.5 Å². The van der Waals surface area contributed by atoms with Crippen LogP contribution in [0.3, 0.4) is 0 Å². The molecule has 0 saturated carbocycles. The van der Waals surface area contributed by atoms with Crippen LogP contribution in [-0.2, 0) is 23.7 Å². The van der Waals surface area contributed by atoms with Crippen LogP contribution in [0.25, 0.3) is 0 Å². The van der Waals surface area contributed by atoms with Crippen LogP contribution >= 0.6 is 22.9 Å². The molecule has 4 rings (SSSR count). The minimum absolute atomic E-state index is 0.0663. The van der Waals surface area contributed by atoms with E-state index < -0.39 is 0 Å². The summed E-state index contributed by atoms with van der Waals surface area (Å²) in [5, 5.41) is 7.06. The first-order valence-electron chi connectivity index (χ1n) is 14.7. The predicted molar refractivity (Wildman–Crippen MR) is 174 cm³/mol. The lowest BCUT2D eigenvalue weighted by atomic mass is 10.2. The summed E-state index contributed by atoms with van der Waals surface area (Å²) >= 11 is 7.47. The number of methoxy groups -OCH3 is 1. The summed E-state index contributed by atoms with van der Waals surface area (Å²) < 4.78 is 21.2. The molecule has 1 aliphatic rings. The second-order valence-electron chi connectivity index (χ2n) is 10.1. The molecular weight excluding hydrogens is 622 g/mol. The van der Waals surface area contributed by atoms with Crippen LogP contribution in [0.2, 0.25) is 5.02 Å². The topological polar surface area (TPSA) is 140 Å². The minimum atomic E-state index is -0.292. The fourth-order valence-corrected chi connectivity index (χ4v) is 5.46. The highest BCUT2D eigenvalue weighted by Crippen LogP contribution is 2.28. The van der Waals surface area contributed by atoms with Gasteiger partial charge in [-0.25, -0.2) is 15.0 Å². The number of nitrogens with zero attached hydrogens (tertiary/aromatic N) is 5. The van der Waals surface area contributed by atoms with Crippen molar-refractivity contribution in [3.8, 4) is 0 Å². The maximum Gasteiger partial charge on any atom is 0.267 e. The van der Waals surface area contributed by atoms with E-state index in [1.54, 1.807) is 13.2 Å². The Labute approximate surface area is 272 Å². The van der Waals surface area contributed by atoms with E-state index >= 15 is 0 Å². The van der Waals surface area contributed by atoms with Crippen molar-refractivity contribution < 1.29 is 28.5 Å². The third-order valence-electron chi connectivity index (χ3n) is 6.84. The Hall–Kier alpha value is -3.40. The maximum atomic E-state index is 12.8. The number of para-hydroxylation sites is 1. The quantitative estimate of drug-likeness (QED) is 0.203. The highest BCUT2D eigenvalue weighted by Gasteiger charge is 2.23. The van der Waals surface area contributed by atoms with Crippen molar-refractivity contribution >= 4 is 57.2 Å². The van der Waals surface area contributed by atoms with Gasteiger partial charge in [0.1, 0.15) is 22.3 Å². The zero-order valence-electron chi connectivity index (χ0n) is 25.8. The molecule has 1 aliphatic heterocycles. The van der Waals surface area contributed by atoms with E-state index in [4.69, 9.17) is 30.5 Å². The molecule has 3 aromatic rings. The Balaban J connectivity index is 1.19. The van der Waals surface area contributed by atoms with Gasteiger partial charge >= 0.3 is 0 Å². The summed E-state index contributed by atoms with van der Waals surface area (Å²) in [5.74, 6) is 1.70. The molecule has 2 aromatic heterocycles. The van der Waals surface area contributed by atoms with E-state index in [-0.39, 0.29) is 11.8 Å². The lowest BCUT2D eigenvalue weighted by Gasteiger charge is -2.35. The number of ether oxygens (including phenoxy) is 4. The summed E-state index contributed by atoms with van der Waals surface area (Å²) in [6, 6.07) is 7.30. The molecule has 2 amide bonds. The van der Waals surface area contributed by atoms with Crippen LogP contribution in [0.5, 0.6) is 0 Å². The Kier molecular flexibility index (Phi) is 13.7. The fraction of sp³-hybridized carbons (Fsp3) is 0.500. The van der Waals surface area contributed by atoms with Crippen molar-refractivity contribution in [2.45, 2.75) is 20.3 Å². The van der Waals surface area contributed by atoms with Gasteiger partial charge in [0.15, 0.2) is 5.13 Å². The summed E-state index contributed by atoms with van der Waals surface area (Å²) in [7, 11) is 1.63. The number of piperazine rings is 1. The van der Waals surface area contributed by atoms with Gasteiger partial charge in [0.2, 0.25) is 5.91 Å². The smallest absolute Gasteiger partial charge is 0.267 e. The van der Waals surface area contributed by atoms with Crippen molar-refractivity contribution in [1.82, 2.24) is 19.9 Å². The summed E-state index contributed by atoms with van der Waals surface area (Å²) in [6.07, 6.45) is 1.84. The summed E-state index contributed by atoms with van der Waals surface area (Å²) in [5.41, 5.74) is 1.45. The zero-order valence-corrected chi connectivity index (χ0v) is 27.4. The van der Waals surface area contributed by atoms with E-state index in [0.717, 1.165) is 11.4 Å². The van der Waals surface area contributed by atoms with Gasteiger partial charge in [0.25, 0.3) is 5.91 Å². The third-order valence-corrected chi connectivity index (χ3v) is 8.07. The number of aryl methyl sites for hydroxylation is 2. The van der Waals surface area contributed by atoms with Crippen LogP contribution in [0, 0.1) is 13.8 Å². The number of halogens is 1. The largest absolute Gasteiger partial charge is 0.382 e. The molecule has 3 heterocycles. The standard InChI is InChI=1S/C30H40ClN7O6S/c1-21-5-4-6-23(31)28(21)36-29(40)24-20-32-30(45-24)35-25-19-26(34-22(2)33-25)37-8-10-38(11-9-37)27(39)7-12-42-15-16-44-18-17-43-14-13-41-3/h4-6,19-20H,7-18H2,1-3H3,(H,36,40)(H,32,33,34,35). The molecule has 0 spiro atoms. The van der Waals surface area contributed by atoms with Gasteiger partial charge < -0.3 is 39.4 Å². The number of anilines is 4. The van der Waals surface area contributed by atoms with E-state index in [9.17, 15) is 9.59 Å². The molecule has 244 valence electrons. The molecule has 2 N–H and O–H groups in total. The van der Waals surface area contributed by atoms with Crippen molar-refractivity contribution in [2.24, 2.45) is 0 Å². The average molecular weight is 662 g/mol. The van der Waals surface area contributed by atoms with Crippen molar-refractivity contribution in [3.05, 3.63) is 51.7 Å². The van der Waals surface area contributed by atoms with Crippen molar-refractivity contribution in [3.63, 3.8) is 0 Å². The number of nitrogens with one attached hydrogen (secondary N) is 2. The molecule has 0 unspecified atom stereocenters. The molecule has 0 atom stereocenters. The number of amides is 2. The van der Waals surface area contributed by atoms with Gasteiger partial charge in [-0.2, -0.15) is 0 Å². The number of hydrogen-bond donors (Lipinski definition) is 2. The van der Waals surface area contributed by atoms with Crippen LogP contribution in [0.1, 0.15) is 27.5 Å². The number of hydrogen-bond acceptors (Lipinski definition) is 12. The number of aromatic nitrogens is 3. The van der Waals surface area contributed by atoms with Crippen molar-refractivity contribution in [1.29, 1.82) is 0 Å². The summed E-state index contributed by atoms with van der Waals surface area (Å²) in [4.78, 5) is 43.4. The molecule has 1 fully saturated rings. The van der Waals surface area contributed by atoms with E-state index in [2.05, 4.69) is 30.5 Å². The highest BCUT2D eigenvalue weighted by atomic mass is 35.5. The number of benzene rings is 1. The molecule has 45 heavy (non-hydrogen) atoms. The van der Waals surface area contributed by atoms with Crippen LogP contribution < -0.4 is 15.5 Å². The van der Waals surface area contributed by atoms with Gasteiger partial charge in [0.05, 0.1) is 69.6 Å². The second-order valence-corrected chi connectivity index (χ2v) is 11.6. The molecule has 0 radical (unpaired) electrons. The Morgan fingerprint density at radius 3 is 2.33 bits per heavy atom. The predicted octanol–water partition coefficient (Wildman–Crippen LogP) is 3.93. The first kappa shape index (κ1) is 34.5. The normalized spacial score (nSPS) is 13.2. The van der Waals surface area contributed by atoms with Crippen LogP contribution in [0.15, 0.2) is 30.5 Å². The monoisotopic (exact) mass is 661 g/mol. The minimum Gasteiger partial charge on any atom is -0.382 e. The average Bonchev–Trinajstić information content (AvgIpc) is 3.50. The molecular formula is C30H40ClN7O6S. The number of carbonyl (C=O) groups excluding carboxylic acids is 2. The number of carbonyl (C=O) groups is 2. The molecule has 0 aliphatic carbocycles. The van der Waals surface area contributed by atoms with Crippen LogP contribution in [0.4, 0.5) is 22.5 Å². The third kappa shape index (κ3) is 10.9.